The van der Waals surface area contributed by atoms with Crippen LogP contribution in [0.1, 0.15) is 30.5 Å². The Morgan fingerprint density at radius 2 is 1.73 bits per heavy atom. The molecular weight excluding hydrogens is 276 g/mol. The minimum Gasteiger partial charge on any atom is -0.490 e. The Morgan fingerprint density at radius 1 is 1.09 bits per heavy atom. The number of aliphatic carboxylic acids is 1. The highest BCUT2D eigenvalue weighted by Gasteiger charge is 2.12. The van der Waals surface area contributed by atoms with E-state index in [0.29, 0.717) is 11.3 Å². The number of hydrogen-bond donors (Lipinski definition) is 1. The molecule has 0 saturated heterocycles. The smallest absolute Gasteiger partial charge is 0.336 e. The van der Waals surface area contributed by atoms with Gasteiger partial charge in [-0.3, -0.25) is 0 Å². The Labute approximate surface area is 130 Å². The number of hydrogen-bond acceptors (Lipinski definition) is 2. The molecule has 2 aromatic rings. The second-order valence-electron chi connectivity index (χ2n) is 5.43. The third kappa shape index (κ3) is 3.98. The van der Waals surface area contributed by atoms with Crippen molar-refractivity contribution in [2.75, 3.05) is 0 Å². The highest BCUT2D eigenvalue weighted by Crippen LogP contribution is 2.26. The Bertz CT molecular complexity index is 682. The number of benzene rings is 2. The van der Waals surface area contributed by atoms with Crippen LogP contribution in [0.3, 0.4) is 0 Å². The second-order valence-corrected chi connectivity index (χ2v) is 5.43. The van der Waals surface area contributed by atoms with Crippen molar-refractivity contribution in [1.29, 1.82) is 0 Å². The van der Waals surface area contributed by atoms with Crippen molar-refractivity contribution >= 4 is 17.6 Å². The van der Waals surface area contributed by atoms with E-state index in [1.54, 1.807) is 6.08 Å². The molecule has 1 N–H and O–H groups in total. The van der Waals surface area contributed by atoms with Crippen LogP contribution in [0.15, 0.2) is 48.5 Å². The van der Waals surface area contributed by atoms with Crippen LogP contribution in [-0.4, -0.2) is 17.2 Å². The van der Waals surface area contributed by atoms with Crippen molar-refractivity contribution in [2.24, 2.45) is 0 Å². The third-order valence-electron chi connectivity index (χ3n) is 3.17. The van der Waals surface area contributed by atoms with Gasteiger partial charge < -0.3 is 9.84 Å². The summed E-state index contributed by atoms with van der Waals surface area (Å²) < 4.78 is 5.74. The van der Waals surface area contributed by atoms with Crippen molar-refractivity contribution in [1.82, 2.24) is 0 Å². The predicted molar refractivity (Wildman–Crippen MR) is 88.9 cm³/mol. The van der Waals surface area contributed by atoms with Crippen LogP contribution in [0, 0.1) is 6.92 Å². The van der Waals surface area contributed by atoms with Crippen LogP contribution >= 0.6 is 0 Å². The lowest BCUT2D eigenvalue weighted by atomic mass is 10.0. The highest BCUT2D eigenvalue weighted by atomic mass is 16.5. The summed E-state index contributed by atoms with van der Waals surface area (Å²) in [6.45, 7) is 5.86. The molecule has 0 spiro atoms. The zero-order chi connectivity index (χ0) is 16.1. The fourth-order valence-corrected chi connectivity index (χ4v) is 2.12. The van der Waals surface area contributed by atoms with Crippen molar-refractivity contribution < 1.29 is 14.6 Å². The van der Waals surface area contributed by atoms with E-state index in [4.69, 9.17) is 4.74 Å². The minimum absolute atomic E-state index is 0.0298. The first kappa shape index (κ1) is 15.8. The van der Waals surface area contributed by atoms with Gasteiger partial charge in [0.2, 0.25) is 0 Å². The van der Waals surface area contributed by atoms with Crippen LogP contribution in [-0.2, 0) is 4.79 Å². The molecule has 22 heavy (non-hydrogen) atoms. The van der Waals surface area contributed by atoms with Gasteiger partial charge in [0.05, 0.1) is 11.7 Å². The monoisotopic (exact) mass is 296 g/mol. The van der Waals surface area contributed by atoms with Gasteiger partial charge in [0.25, 0.3) is 0 Å². The maximum Gasteiger partial charge on any atom is 0.336 e. The van der Waals surface area contributed by atoms with E-state index in [1.807, 2.05) is 69.3 Å². The first-order valence-corrected chi connectivity index (χ1v) is 7.25. The molecule has 0 atom stereocenters. The van der Waals surface area contributed by atoms with Gasteiger partial charge in [-0.15, -0.1) is 0 Å². The van der Waals surface area contributed by atoms with Gasteiger partial charge in [0.1, 0.15) is 5.75 Å². The highest BCUT2D eigenvalue weighted by molar-refractivity contribution is 6.20. The van der Waals surface area contributed by atoms with Gasteiger partial charge in [-0.1, -0.05) is 48.0 Å². The fourth-order valence-electron chi connectivity index (χ4n) is 2.12. The molecule has 0 bridgehead atoms. The average Bonchev–Trinajstić information content (AvgIpc) is 2.46. The van der Waals surface area contributed by atoms with E-state index in [-0.39, 0.29) is 11.7 Å². The van der Waals surface area contributed by atoms with Crippen LogP contribution < -0.4 is 4.74 Å². The maximum absolute atomic E-state index is 11.6. The van der Waals surface area contributed by atoms with Crippen molar-refractivity contribution in [3.8, 4) is 5.75 Å². The summed E-state index contributed by atoms with van der Waals surface area (Å²) in [6, 6.07) is 14.9. The number of ether oxygens (including phenoxy) is 1. The standard InChI is InChI=1S/C19H20O3/c1-13(2)22-18-7-5-4-6-16(18)12-17(19(20)21)15-10-8-14(3)9-11-15/h4-13H,1-3H3,(H,20,21)/b17-12-. The average molecular weight is 296 g/mol. The molecule has 3 nitrogen and oxygen atoms in total. The van der Waals surface area contributed by atoms with Crippen molar-refractivity contribution in [3.05, 3.63) is 65.2 Å². The lowest BCUT2D eigenvalue weighted by Crippen LogP contribution is -2.07. The molecule has 3 heteroatoms. The first-order valence-electron chi connectivity index (χ1n) is 7.25. The van der Waals surface area contributed by atoms with E-state index in [1.165, 1.54) is 0 Å². The number of carboxylic acid groups (broad SMARTS) is 1. The van der Waals surface area contributed by atoms with Gasteiger partial charge in [-0.25, -0.2) is 4.79 Å². The molecule has 2 aromatic carbocycles. The lowest BCUT2D eigenvalue weighted by Gasteiger charge is -2.13. The second kappa shape index (κ2) is 6.94. The van der Waals surface area contributed by atoms with Crippen molar-refractivity contribution in [2.45, 2.75) is 26.9 Å². The lowest BCUT2D eigenvalue weighted by molar-refractivity contribution is -0.130. The fraction of sp³-hybridized carbons (Fsp3) is 0.211. The van der Waals surface area contributed by atoms with E-state index in [2.05, 4.69) is 0 Å². The Hall–Kier alpha value is -2.55. The van der Waals surface area contributed by atoms with Gasteiger partial charge in [0, 0.05) is 5.56 Å². The maximum atomic E-state index is 11.6. The molecular formula is C19H20O3. The summed E-state index contributed by atoms with van der Waals surface area (Å²) in [6.07, 6.45) is 1.69. The van der Waals surface area contributed by atoms with Gasteiger partial charge in [-0.05, 0) is 38.5 Å². The van der Waals surface area contributed by atoms with Crippen LogP contribution in [0.25, 0.3) is 11.6 Å². The van der Waals surface area contributed by atoms with Crippen LogP contribution in [0.2, 0.25) is 0 Å². The summed E-state index contributed by atoms with van der Waals surface area (Å²) in [7, 11) is 0. The number of aryl methyl sites for hydroxylation is 1. The molecule has 0 radical (unpaired) electrons. The first-order chi connectivity index (χ1) is 10.5. The topological polar surface area (TPSA) is 46.5 Å². The molecule has 0 amide bonds. The van der Waals surface area contributed by atoms with Crippen molar-refractivity contribution in [3.63, 3.8) is 0 Å². The molecule has 0 heterocycles. The predicted octanol–water partition coefficient (Wildman–Crippen LogP) is 4.41. The molecule has 0 aromatic heterocycles. The molecule has 0 fully saturated rings. The SMILES string of the molecule is Cc1ccc(/C(=C/c2ccccc2OC(C)C)C(=O)O)cc1. The van der Waals surface area contributed by atoms with E-state index in [0.717, 1.165) is 11.1 Å². The molecule has 0 saturated carbocycles. The number of carboxylic acids is 1. The minimum atomic E-state index is -0.955. The Morgan fingerprint density at radius 3 is 2.32 bits per heavy atom. The van der Waals surface area contributed by atoms with Crippen LogP contribution in [0.4, 0.5) is 0 Å². The summed E-state index contributed by atoms with van der Waals surface area (Å²) in [5, 5.41) is 9.52. The molecule has 2 rings (SSSR count). The molecule has 0 unspecified atom stereocenters. The van der Waals surface area contributed by atoms with E-state index >= 15 is 0 Å². The summed E-state index contributed by atoms with van der Waals surface area (Å²) in [4.78, 5) is 11.6. The normalized spacial score (nSPS) is 11.5. The Balaban J connectivity index is 2.47. The van der Waals surface area contributed by atoms with Gasteiger partial charge in [0.15, 0.2) is 0 Å². The van der Waals surface area contributed by atoms with E-state index < -0.39 is 5.97 Å². The summed E-state index contributed by atoms with van der Waals surface area (Å²) in [5.41, 5.74) is 2.78. The molecule has 0 aliphatic rings. The molecule has 0 aliphatic carbocycles. The number of carbonyl (C=O) groups is 1. The third-order valence-corrected chi connectivity index (χ3v) is 3.17. The summed E-state index contributed by atoms with van der Waals surface area (Å²) in [5.74, 6) is -0.272. The largest absolute Gasteiger partial charge is 0.490 e. The quantitative estimate of drug-likeness (QED) is 0.656. The van der Waals surface area contributed by atoms with Gasteiger partial charge in [-0.2, -0.15) is 0 Å². The number of para-hydroxylation sites is 1. The molecule has 0 aliphatic heterocycles. The van der Waals surface area contributed by atoms with E-state index in [9.17, 15) is 9.90 Å². The zero-order valence-electron chi connectivity index (χ0n) is 13.0. The van der Waals surface area contributed by atoms with Crippen LogP contribution in [0.5, 0.6) is 5.75 Å². The summed E-state index contributed by atoms with van der Waals surface area (Å²) >= 11 is 0. The molecule has 114 valence electrons. The Kier molecular flexibility index (Phi) is 4.99. The zero-order valence-corrected chi connectivity index (χ0v) is 13.0. The van der Waals surface area contributed by atoms with Gasteiger partial charge >= 0.3 is 5.97 Å². The number of rotatable bonds is 5.